The summed E-state index contributed by atoms with van der Waals surface area (Å²) in [5.41, 5.74) is 0.802. The van der Waals surface area contributed by atoms with Gasteiger partial charge in [-0.25, -0.2) is 0 Å². The maximum Gasteiger partial charge on any atom is 0.258 e. The van der Waals surface area contributed by atoms with E-state index in [2.05, 4.69) is 5.32 Å². The molecule has 1 aromatic heterocycles. The lowest BCUT2D eigenvalue weighted by Gasteiger charge is -2.07. The third-order valence-electron chi connectivity index (χ3n) is 2.56. The van der Waals surface area contributed by atoms with Crippen molar-refractivity contribution in [1.82, 2.24) is 5.32 Å². The third-order valence-corrected chi connectivity index (χ3v) is 3.80. The Hall–Kier alpha value is -1.56. The Kier molecular flexibility index (Phi) is 5.40. The van der Waals surface area contributed by atoms with E-state index < -0.39 is 0 Å². The molecule has 0 aliphatic heterocycles. The van der Waals surface area contributed by atoms with Gasteiger partial charge in [0.15, 0.2) is 6.61 Å². The number of aliphatic hydroxyl groups is 1. The van der Waals surface area contributed by atoms with Crippen LogP contribution in [0.4, 0.5) is 0 Å². The van der Waals surface area contributed by atoms with Gasteiger partial charge in [-0.1, -0.05) is 23.7 Å². The molecule has 2 rings (SSSR count). The number of aliphatic hydroxyl groups excluding tert-OH is 1. The number of thiophene rings is 1. The van der Waals surface area contributed by atoms with Crippen molar-refractivity contribution in [3.63, 3.8) is 0 Å². The highest BCUT2D eigenvalue weighted by Gasteiger charge is 2.04. The lowest BCUT2D eigenvalue weighted by Crippen LogP contribution is -2.28. The Morgan fingerprint density at radius 3 is 2.60 bits per heavy atom. The number of hydrogen-bond acceptors (Lipinski definition) is 4. The van der Waals surface area contributed by atoms with Gasteiger partial charge in [-0.15, -0.1) is 11.3 Å². The zero-order valence-electron chi connectivity index (χ0n) is 10.6. The molecule has 0 aliphatic carbocycles. The number of hydrogen-bond donors (Lipinski definition) is 2. The molecule has 0 bridgehead atoms. The first-order chi connectivity index (χ1) is 9.67. The van der Waals surface area contributed by atoms with Crippen molar-refractivity contribution in [3.05, 3.63) is 51.2 Å². The standard InChI is InChI=1S/C14H14ClNO3S/c15-13-6-5-12(20-13)7-16-14(18)9-19-11-3-1-10(8-17)2-4-11/h1-6,17H,7-9H2,(H,16,18). The van der Waals surface area contributed by atoms with Crippen LogP contribution in [0.5, 0.6) is 5.75 Å². The number of carbonyl (C=O) groups is 1. The minimum atomic E-state index is -0.194. The quantitative estimate of drug-likeness (QED) is 0.862. The third kappa shape index (κ3) is 4.52. The van der Waals surface area contributed by atoms with Gasteiger partial charge in [0.1, 0.15) is 5.75 Å². The number of rotatable bonds is 6. The first-order valence-corrected chi connectivity index (χ1v) is 7.20. The Balaban J connectivity index is 1.74. The molecular formula is C14H14ClNO3S. The zero-order chi connectivity index (χ0) is 14.4. The summed E-state index contributed by atoms with van der Waals surface area (Å²) in [4.78, 5) is 12.6. The van der Waals surface area contributed by atoms with Crippen LogP contribution in [0.2, 0.25) is 4.34 Å². The van der Waals surface area contributed by atoms with Crippen molar-refractivity contribution in [3.8, 4) is 5.75 Å². The SMILES string of the molecule is O=C(COc1ccc(CO)cc1)NCc1ccc(Cl)s1. The summed E-state index contributed by atoms with van der Waals surface area (Å²) in [6.45, 7) is 0.394. The summed E-state index contributed by atoms with van der Waals surface area (Å²) in [5, 5.41) is 11.7. The Labute approximate surface area is 126 Å². The van der Waals surface area contributed by atoms with Crippen LogP contribution >= 0.6 is 22.9 Å². The molecule has 0 aliphatic rings. The van der Waals surface area contributed by atoms with Crippen LogP contribution in [0.15, 0.2) is 36.4 Å². The smallest absolute Gasteiger partial charge is 0.258 e. The van der Waals surface area contributed by atoms with E-state index in [0.717, 1.165) is 10.4 Å². The number of amides is 1. The maximum atomic E-state index is 11.6. The molecule has 0 spiro atoms. The lowest BCUT2D eigenvalue weighted by molar-refractivity contribution is -0.123. The van der Waals surface area contributed by atoms with Gasteiger partial charge in [-0.3, -0.25) is 4.79 Å². The van der Waals surface area contributed by atoms with Gasteiger partial charge in [0.2, 0.25) is 0 Å². The molecule has 2 N–H and O–H groups in total. The minimum Gasteiger partial charge on any atom is -0.484 e. The molecule has 1 aromatic carbocycles. The first kappa shape index (κ1) is 14.8. The number of carbonyl (C=O) groups excluding carboxylic acids is 1. The second-order valence-electron chi connectivity index (χ2n) is 4.07. The van der Waals surface area contributed by atoms with Gasteiger partial charge in [0, 0.05) is 4.88 Å². The van der Waals surface area contributed by atoms with E-state index in [0.29, 0.717) is 16.6 Å². The van der Waals surface area contributed by atoms with Crippen LogP contribution in [-0.2, 0) is 17.9 Å². The average molecular weight is 312 g/mol. The van der Waals surface area contributed by atoms with Crippen molar-refractivity contribution in [2.75, 3.05) is 6.61 Å². The largest absolute Gasteiger partial charge is 0.484 e. The van der Waals surface area contributed by atoms with Crippen LogP contribution in [0, 0.1) is 0 Å². The summed E-state index contributed by atoms with van der Waals surface area (Å²) >= 11 is 7.24. The van der Waals surface area contributed by atoms with Crippen LogP contribution in [-0.4, -0.2) is 17.6 Å². The van der Waals surface area contributed by atoms with E-state index in [1.165, 1.54) is 11.3 Å². The van der Waals surface area contributed by atoms with Gasteiger partial charge in [0.25, 0.3) is 5.91 Å². The number of halogens is 1. The van der Waals surface area contributed by atoms with E-state index in [1.54, 1.807) is 30.3 Å². The van der Waals surface area contributed by atoms with E-state index in [9.17, 15) is 4.79 Å². The fraction of sp³-hybridized carbons (Fsp3) is 0.214. The highest BCUT2D eigenvalue weighted by atomic mass is 35.5. The fourth-order valence-electron chi connectivity index (χ4n) is 1.52. The molecule has 0 unspecified atom stereocenters. The number of ether oxygens (including phenoxy) is 1. The predicted octanol–water partition coefficient (Wildman–Crippen LogP) is 2.59. The fourth-order valence-corrected chi connectivity index (χ4v) is 2.55. The van der Waals surface area contributed by atoms with Crippen molar-refractivity contribution in [2.24, 2.45) is 0 Å². The summed E-state index contributed by atoms with van der Waals surface area (Å²) in [6.07, 6.45) is 0. The van der Waals surface area contributed by atoms with E-state index in [-0.39, 0.29) is 19.1 Å². The van der Waals surface area contributed by atoms with E-state index in [1.807, 2.05) is 6.07 Å². The van der Waals surface area contributed by atoms with Gasteiger partial charge in [-0.05, 0) is 29.8 Å². The van der Waals surface area contributed by atoms with Crippen LogP contribution in [0.25, 0.3) is 0 Å². The molecule has 2 aromatic rings. The van der Waals surface area contributed by atoms with Crippen molar-refractivity contribution < 1.29 is 14.6 Å². The molecule has 1 heterocycles. The summed E-state index contributed by atoms with van der Waals surface area (Å²) in [5.74, 6) is 0.400. The van der Waals surface area contributed by atoms with E-state index >= 15 is 0 Å². The molecule has 0 fully saturated rings. The summed E-state index contributed by atoms with van der Waals surface area (Å²) < 4.78 is 6.05. The van der Waals surface area contributed by atoms with Crippen LogP contribution in [0.1, 0.15) is 10.4 Å². The molecule has 0 radical (unpaired) electrons. The Bertz CT molecular complexity index is 568. The summed E-state index contributed by atoms with van der Waals surface area (Å²) in [6, 6.07) is 10.6. The lowest BCUT2D eigenvalue weighted by atomic mass is 10.2. The topological polar surface area (TPSA) is 58.6 Å². The van der Waals surface area contributed by atoms with Crippen molar-refractivity contribution in [1.29, 1.82) is 0 Å². The van der Waals surface area contributed by atoms with Gasteiger partial charge in [0.05, 0.1) is 17.5 Å². The van der Waals surface area contributed by atoms with Crippen molar-refractivity contribution in [2.45, 2.75) is 13.2 Å². The minimum absolute atomic E-state index is 0.00978. The van der Waals surface area contributed by atoms with E-state index in [4.69, 9.17) is 21.4 Å². The second kappa shape index (κ2) is 7.28. The van der Waals surface area contributed by atoms with Crippen LogP contribution in [0.3, 0.4) is 0 Å². The Morgan fingerprint density at radius 1 is 1.25 bits per heavy atom. The molecule has 0 saturated heterocycles. The molecular weight excluding hydrogens is 298 g/mol. The van der Waals surface area contributed by atoms with Gasteiger partial charge in [-0.2, -0.15) is 0 Å². The maximum absolute atomic E-state index is 11.6. The second-order valence-corrected chi connectivity index (χ2v) is 5.87. The molecule has 0 saturated carbocycles. The van der Waals surface area contributed by atoms with Gasteiger partial charge >= 0.3 is 0 Å². The monoisotopic (exact) mass is 311 g/mol. The molecule has 106 valence electrons. The van der Waals surface area contributed by atoms with Gasteiger partial charge < -0.3 is 15.2 Å². The zero-order valence-corrected chi connectivity index (χ0v) is 12.2. The predicted molar refractivity (Wildman–Crippen MR) is 79.0 cm³/mol. The molecule has 4 nitrogen and oxygen atoms in total. The first-order valence-electron chi connectivity index (χ1n) is 6.01. The average Bonchev–Trinajstić information content (AvgIpc) is 2.89. The summed E-state index contributed by atoms with van der Waals surface area (Å²) in [7, 11) is 0. The van der Waals surface area contributed by atoms with Crippen LogP contribution < -0.4 is 10.1 Å². The molecule has 20 heavy (non-hydrogen) atoms. The Morgan fingerprint density at radius 2 is 2.00 bits per heavy atom. The molecule has 6 heteroatoms. The molecule has 0 atom stereocenters. The number of benzene rings is 1. The number of nitrogens with one attached hydrogen (secondary N) is 1. The van der Waals surface area contributed by atoms with Crippen molar-refractivity contribution >= 4 is 28.8 Å². The molecule has 1 amide bonds. The highest BCUT2D eigenvalue weighted by Crippen LogP contribution is 2.20. The highest BCUT2D eigenvalue weighted by molar-refractivity contribution is 7.16. The normalized spacial score (nSPS) is 10.3.